The molecule has 2 aliphatic rings. The molecule has 2 aliphatic heterocycles. The highest BCUT2D eigenvalue weighted by Gasteiger charge is 2.53. The number of aromatic nitrogens is 1. The van der Waals surface area contributed by atoms with Gasteiger partial charge < -0.3 is 9.30 Å². The number of para-hydroxylation sites is 3. The molecule has 1 spiro atoms. The molecule has 7 aromatic carbocycles. The molecule has 0 amide bonds. The van der Waals surface area contributed by atoms with Gasteiger partial charge in [0.05, 0.1) is 26.2 Å². The van der Waals surface area contributed by atoms with Gasteiger partial charge in [0, 0.05) is 27.6 Å². The molecule has 5 heteroatoms. The Balaban J connectivity index is 1.34. The Morgan fingerprint density at radius 1 is 0.458 bits per heavy atom. The fraction of sp³-hybridized carbons (Fsp3) is 0.0233. The molecular formula is C43H27NO3S. The minimum absolute atomic E-state index is 0.310. The number of ether oxygens (including phenoxy) is 1. The van der Waals surface area contributed by atoms with Gasteiger partial charge in [0.15, 0.2) is 0 Å². The quantitative estimate of drug-likeness (QED) is 0.190. The van der Waals surface area contributed by atoms with Crippen LogP contribution < -0.4 is 4.74 Å². The van der Waals surface area contributed by atoms with Gasteiger partial charge in [-0.2, -0.15) is 0 Å². The maximum atomic E-state index is 14.8. The molecule has 0 aliphatic carbocycles. The molecule has 0 saturated carbocycles. The van der Waals surface area contributed by atoms with Gasteiger partial charge in [-0.3, -0.25) is 0 Å². The Morgan fingerprint density at radius 2 is 1.04 bits per heavy atom. The third-order valence-electron chi connectivity index (χ3n) is 10.1. The number of hydrogen-bond donors (Lipinski definition) is 0. The zero-order valence-electron chi connectivity index (χ0n) is 25.7. The second-order valence-electron chi connectivity index (χ2n) is 12.5. The molecule has 228 valence electrons. The predicted octanol–water partition coefficient (Wildman–Crippen LogP) is 10.1. The molecule has 8 aromatic rings. The monoisotopic (exact) mass is 637 g/mol. The van der Waals surface area contributed by atoms with E-state index in [9.17, 15) is 8.42 Å². The zero-order chi connectivity index (χ0) is 32.0. The van der Waals surface area contributed by atoms with Gasteiger partial charge >= 0.3 is 0 Å². The number of hydrogen-bond acceptors (Lipinski definition) is 3. The fourth-order valence-corrected chi connectivity index (χ4v) is 9.85. The molecule has 0 fully saturated rings. The van der Waals surface area contributed by atoms with Crippen molar-refractivity contribution in [1.82, 2.24) is 4.57 Å². The number of nitrogens with zero attached hydrogens (tertiary/aromatic N) is 1. The first-order chi connectivity index (χ1) is 23.6. The van der Waals surface area contributed by atoms with E-state index in [1.54, 1.807) is 6.07 Å². The summed E-state index contributed by atoms with van der Waals surface area (Å²) in [5.74, 6) is 1.44. The highest BCUT2D eigenvalue weighted by molar-refractivity contribution is 7.91. The summed E-state index contributed by atoms with van der Waals surface area (Å²) in [4.78, 5) is 0.628. The topological polar surface area (TPSA) is 48.3 Å². The van der Waals surface area contributed by atoms with Crippen molar-refractivity contribution >= 4 is 31.6 Å². The van der Waals surface area contributed by atoms with Crippen LogP contribution >= 0.6 is 0 Å². The zero-order valence-corrected chi connectivity index (χ0v) is 26.5. The van der Waals surface area contributed by atoms with Crippen molar-refractivity contribution in [3.8, 4) is 28.3 Å². The lowest BCUT2D eigenvalue weighted by Gasteiger charge is -2.45. The molecule has 3 heterocycles. The van der Waals surface area contributed by atoms with E-state index in [1.807, 2.05) is 91.0 Å². The van der Waals surface area contributed by atoms with Crippen molar-refractivity contribution < 1.29 is 13.2 Å². The van der Waals surface area contributed by atoms with Crippen LogP contribution in [0, 0.1) is 0 Å². The van der Waals surface area contributed by atoms with Crippen LogP contribution in [0.3, 0.4) is 0 Å². The lowest BCUT2D eigenvalue weighted by molar-refractivity contribution is 0.429. The van der Waals surface area contributed by atoms with Crippen LogP contribution in [-0.2, 0) is 15.3 Å². The molecule has 1 aromatic heterocycles. The molecule has 0 saturated heterocycles. The average Bonchev–Trinajstić information content (AvgIpc) is 3.47. The summed E-state index contributed by atoms with van der Waals surface area (Å²) in [6, 6.07) is 54.7. The van der Waals surface area contributed by atoms with Gasteiger partial charge in [0.2, 0.25) is 9.84 Å². The third-order valence-corrected chi connectivity index (χ3v) is 11.9. The first kappa shape index (κ1) is 27.2. The molecule has 0 unspecified atom stereocenters. The average molecular weight is 638 g/mol. The Bertz CT molecular complexity index is 2660. The SMILES string of the molecule is O=S1(=O)c2ccccc2C2(c3ccccc3Oc3ccccc32)c2cc3c4ccccc4n(-c4ccc(-c5ccccc5)cc4)c3cc21. The van der Waals surface area contributed by atoms with Crippen LogP contribution in [0.15, 0.2) is 174 Å². The minimum atomic E-state index is -3.91. The van der Waals surface area contributed by atoms with Crippen LogP contribution in [0.1, 0.15) is 22.3 Å². The highest BCUT2D eigenvalue weighted by atomic mass is 32.2. The number of benzene rings is 7. The van der Waals surface area contributed by atoms with E-state index in [-0.39, 0.29) is 0 Å². The first-order valence-corrected chi connectivity index (χ1v) is 17.5. The van der Waals surface area contributed by atoms with Gasteiger partial charge in [-0.05, 0) is 70.8 Å². The van der Waals surface area contributed by atoms with Crippen LogP contribution in [0.4, 0.5) is 0 Å². The Morgan fingerprint density at radius 3 is 1.77 bits per heavy atom. The molecule has 0 N–H and O–H groups in total. The van der Waals surface area contributed by atoms with E-state index >= 15 is 0 Å². The van der Waals surface area contributed by atoms with Crippen LogP contribution in [0.25, 0.3) is 38.6 Å². The van der Waals surface area contributed by atoms with Crippen molar-refractivity contribution in [3.05, 3.63) is 186 Å². The molecule has 0 radical (unpaired) electrons. The van der Waals surface area contributed by atoms with Crippen molar-refractivity contribution in [2.24, 2.45) is 0 Å². The van der Waals surface area contributed by atoms with E-state index in [2.05, 4.69) is 71.3 Å². The number of sulfone groups is 1. The van der Waals surface area contributed by atoms with Crippen LogP contribution in [0.5, 0.6) is 11.5 Å². The highest BCUT2D eigenvalue weighted by Crippen LogP contribution is 2.60. The van der Waals surface area contributed by atoms with Crippen molar-refractivity contribution in [3.63, 3.8) is 0 Å². The molecule has 4 nitrogen and oxygen atoms in total. The minimum Gasteiger partial charge on any atom is -0.457 e. The van der Waals surface area contributed by atoms with Crippen molar-refractivity contribution in [2.75, 3.05) is 0 Å². The van der Waals surface area contributed by atoms with Crippen molar-refractivity contribution in [1.29, 1.82) is 0 Å². The van der Waals surface area contributed by atoms with Gasteiger partial charge in [-0.15, -0.1) is 0 Å². The normalized spacial score (nSPS) is 14.9. The first-order valence-electron chi connectivity index (χ1n) is 16.0. The summed E-state index contributed by atoms with van der Waals surface area (Å²) in [5.41, 5.74) is 7.48. The molecule has 0 atom stereocenters. The Labute approximate surface area is 278 Å². The molecule has 0 bridgehead atoms. The summed E-state index contributed by atoms with van der Waals surface area (Å²) in [7, 11) is -3.91. The summed E-state index contributed by atoms with van der Waals surface area (Å²) in [6.45, 7) is 0. The smallest absolute Gasteiger partial charge is 0.207 e. The molecule has 10 rings (SSSR count). The fourth-order valence-electron chi connectivity index (χ4n) is 8.07. The van der Waals surface area contributed by atoms with Crippen LogP contribution in [0.2, 0.25) is 0 Å². The maximum Gasteiger partial charge on any atom is 0.207 e. The van der Waals surface area contributed by atoms with E-state index < -0.39 is 15.3 Å². The van der Waals surface area contributed by atoms with E-state index in [4.69, 9.17) is 4.74 Å². The van der Waals surface area contributed by atoms with E-state index in [1.165, 1.54) is 0 Å². The maximum absolute atomic E-state index is 14.8. The van der Waals surface area contributed by atoms with Crippen molar-refractivity contribution in [2.45, 2.75) is 15.2 Å². The second kappa shape index (κ2) is 9.80. The van der Waals surface area contributed by atoms with Gasteiger partial charge in [-0.1, -0.05) is 115 Å². The Hall–Kier alpha value is -5.91. The molecular weight excluding hydrogens is 611 g/mol. The van der Waals surface area contributed by atoms with Gasteiger partial charge in [-0.25, -0.2) is 8.42 Å². The lowest BCUT2D eigenvalue weighted by atomic mass is 9.63. The number of fused-ring (bicyclic) bond motifs is 11. The summed E-state index contributed by atoms with van der Waals surface area (Å²) < 4.78 is 38.3. The second-order valence-corrected chi connectivity index (χ2v) is 14.4. The van der Waals surface area contributed by atoms with Crippen LogP contribution in [-0.4, -0.2) is 13.0 Å². The largest absolute Gasteiger partial charge is 0.457 e. The lowest BCUT2D eigenvalue weighted by Crippen LogP contribution is -2.39. The summed E-state index contributed by atoms with van der Waals surface area (Å²) in [6.07, 6.45) is 0. The standard InChI is InChI=1S/C43H27NO3S/c45-48(46)41-21-11-7-17-35(41)43(33-15-5-9-19-39(33)47-40-20-10-6-16-34(40)43)36-26-32-31-14-4-8-18-37(31)44(38(32)27-42(36)48)30-24-22-29(23-25-30)28-12-2-1-3-13-28/h1-27H. The third kappa shape index (κ3) is 3.51. The Kier molecular flexibility index (Phi) is 5.56. The van der Waals surface area contributed by atoms with Gasteiger partial charge in [0.1, 0.15) is 11.5 Å². The number of rotatable bonds is 2. The van der Waals surface area contributed by atoms with E-state index in [0.29, 0.717) is 9.79 Å². The summed E-state index contributed by atoms with van der Waals surface area (Å²) >= 11 is 0. The predicted molar refractivity (Wildman–Crippen MR) is 190 cm³/mol. The van der Waals surface area contributed by atoms with E-state index in [0.717, 1.165) is 72.4 Å². The van der Waals surface area contributed by atoms with Gasteiger partial charge in [0.25, 0.3) is 0 Å². The molecule has 48 heavy (non-hydrogen) atoms. The summed E-state index contributed by atoms with van der Waals surface area (Å²) in [5, 5.41) is 2.05.